The van der Waals surface area contributed by atoms with Gasteiger partial charge in [-0.15, -0.1) is 0 Å². The molecule has 0 bridgehead atoms. The number of benzene rings is 2. The van der Waals surface area contributed by atoms with Gasteiger partial charge in [-0.3, -0.25) is 14.6 Å². The van der Waals surface area contributed by atoms with Crippen molar-refractivity contribution in [1.82, 2.24) is 14.8 Å². The van der Waals surface area contributed by atoms with Crippen molar-refractivity contribution in [3.8, 4) is 16.9 Å². The molecule has 0 unspecified atom stereocenters. The fourth-order valence-electron chi connectivity index (χ4n) is 4.27. The van der Waals surface area contributed by atoms with Gasteiger partial charge >= 0.3 is 0 Å². The minimum Gasteiger partial charge on any atom is -0.496 e. The van der Waals surface area contributed by atoms with Crippen molar-refractivity contribution in [2.24, 2.45) is 0 Å². The van der Waals surface area contributed by atoms with E-state index in [1.54, 1.807) is 36.4 Å². The minimum atomic E-state index is -0.589. The van der Waals surface area contributed by atoms with Crippen LogP contribution in [0.1, 0.15) is 23.0 Å². The summed E-state index contributed by atoms with van der Waals surface area (Å²) >= 11 is 0. The average Bonchev–Trinajstić information content (AvgIpc) is 2.85. The Morgan fingerprint density at radius 3 is 2.44 bits per heavy atom. The largest absolute Gasteiger partial charge is 0.496 e. The Hall–Kier alpha value is -3.67. The van der Waals surface area contributed by atoms with Gasteiger partial charge in [-0.1, -0.05) is 48.5 Å². The summed E-state index contributed by atoms with van der Waals surface area (Å²) < 4.78 is 5.57. The van der Waals surface area contributed by atoms with Crippen LogP contribution in [0.25, 0.3) is 11.1 Å². The molecule has 3 aromatic rings. The molecule has 0 saturated carbocycles. The number of nitrogens with zero attached hydrogens (tertiary/aromatic N) is 3. The molecule has 1 fully saturated rings. The van der Waals surface area contributed by atoms with E-state index in [0.717, 1.165) is 22.4 Å². The number of pyridine rings is 1. The van der Waals surface area contributed by atoms with Gasteiger partial charge in [0.05, 0.1) is 7.11 Å². The molecule has 2 aromatic carbocycles. The summed E-state index contributed by atoms with van der Waals surface area (Å²) in [6.45, 7) is 3.60. The fraction of sp³-hybridized carbons (Fsp3) is 0.269. The van der Waals surface area contributed by atoms with E-state index < -0.39 is 6.04 Å². The summed E-state index contributed by atoms with van der Waals surface area (Å²) in [5.74, 6) is 0.527. The van der Waals surface area contributed by atoms with Crippen molar-refractivity contribution in [3.05, 3.63) is 84.2 Å². The lowest BCUT2D eigenvalue weighted by Gasteiger charge is -2.40. The highest BCUT2D eigenvalue weighted by molar-refractivity contribution is 5.97. The summed E-state index contributed by atoms with van der Waals surface area (Å²) in [4.78, 5) is 34.3. The van der Waals surface area contributed by atoms with E-state index in [1.165, 1.54) is 0 Å². The van der Waals surface area contributed by atoms with Crippen LogP contribution in [0, 0.1) is 0 Å². The van der Waals surface area contributed by atoms with Crippen molar-refractivity contribution < 1.29 is 14.3 Å². The third-order valence-corrected chi connectivity index (χ3v) is 5.94. The van der Waals surface area contributed by atoms with Gasteiger partial charge in [0.15, 0.2) is 0 Å². The molecule has 4 rings (SSSR count). The molecule has 1 atom stereocenters. The van der Waals surface area contributed by atoms with Crippen LogP contribution in [0.15, 0.2) is 72.9 Å². The molecular weight excluding hydrogens is 402 g/mol. The van der Waals surface area contributed by atoms with Crippen molar-refractivity contribution in [2.75, 3.05) is 26.7 Å². The van der Waals surface area contributed by atoms with E-state index in [0.29, 0.717) is 31.7 Å². The number of piperazine rings is 1. The number of likely N-dealkylation sites (N-methyl/N-ethyl adjacent to an activating group) is 1. The zero-order valence-corrected chi connectivity index (χ0v) is 18.4. The molecule has 32 heavy (non-hydrogen) atoms. The van der Waals surface area contributed by atoms with Gasteiger partial charge in [0, 0.05) is 37.8 Å². The number of amides is 2. The molecular formula is C26H27N3O3. The molecule has 1 aliphatic heterocycles. The predicted octanol–water partition coefficient (Wildman–Crippen LogP) is 3.67. The zero-order valence-electron chi connectivity index (χ0n) is 18.4. The summed E-state index contributed by atoms with van der Waals surface area (Å²) in [5, 5.41) is 0. The van der Waals surface area contributed by atoms with Gasteiger partial charge in [-0.25, -0.2) is 0 Å². The van der Waals surface area contributed by atoms with Crippen LogP contribution in [0.3, 0.4) is 0 Å². The Bertz CT molecular complexity index is 1100. The number of rotatable bonds is 6. The second kappa shape index (κ2) is 9.64. The van der Waals surface area contributed by atoms with E-state index in [4.69, 9.17) is 4.74 Å². The van der Waals surface area contributed by atoms with Crippen molar-refractivity contribution >= 4 is 11.8 Å². The van der Waals surface area contributed by atoms with Gasteiger partial charge in [0.2, 0.25) is 5.91 Å². The molecule has 164 valence electrons. The number of hydrogen-bond acceptors (Lipinski definition) is 4. The van der Waals surface area contributed by atoms with E-state index in [1.807, 2.05) is 60.4 Å². The van der Waals surface area contributed by atoms with E-state index in [-0.39, 0.29) is 11.8 Å². The summed E-state index contributed by atoms with van der Waals surface area (Å²) in [6.07, 6.45) is 2.02. The fourth-order valence-corrected chi connectivity index (χ4v) is 4.27. The van der Waals surface area contributed by atoms with E-state index in [2.05, 4.69) is 4.98 Å². The van der Waals surface area contributed by atoms with Gasteiger partial charge in [-0.2, -0.15) is 0 Å². The molecule has 0 radical (unpaired) electrons. The van der Waals surface area contributed by atoms with Gasteiger partial charge in [-0.05, 0) is 36.2 Å². The maximum Gasteiger partial charge on any atom is 0.273 e. The van der Waals surface area contributed by atoms with Crippen LogP contribution in [0.4, 0.5) is 0 Å². The molecule has 6 heteroatoms. The minimum absolute atomic E-state index is 0.0298. The number of hydrogen-bond donors (Lipinski definition) is 0. The highest BCUT2D eigenvalue weighted by atomic mass is 16.5. The average molecular weight is 430 g/mol. The van der Waals surface area contributed by atoms with Crippen molar-refractivity contribution in [3.63, 3.8) is 0 Å². The van der Waals surface area contributed by atoms with Gasteiger partial charge in [0.1, 0.15) is 17.5 Å². The maximum atomic E-state index is 13.4. The summed E-state index contributed by atoms with van der Waals surface area (Å²) in [6, 6.07) is 20.5. The quantitative estimate of drug-likeness (QED) is 0.600. The third kappa shape index (κ3) is 4.21. The lowest BCUT2D eigenvalue weighted by Crippen LogP contribution is -2.59. The highest BCUT2D eigenvalue weighted by Crippen LogP contribution is 2.33. The van der Waals surface area contributed by atoms with Crippen LogP contribution in [0.2, 0.25) is 0 Å². The van der Waals surface area contributed by atoms with Crippen LogP contribution >= 0.6 is 0 Å². The number of ether oxygens (including phenoxy) is 1. The lowest BCUT2D eigenvalue weighted by molar-refractivity contribution is -0.139. The van der Waals surface area contributed by atoms with Crippen molar-refractivity contribution in [2.45, 2.75) is 19.4 Å². The molecule has 1 aromatic heterocycles. The van der Waals surface area contributed by atoms with E-state index in [9.17, 15) is 9.59 Å². The molecule has 6 nitrogen and oxygen atoms in total. The molecule has 0 aliphatic carbocycles. The van der Waals surface area contributed by atoms with E-state index >= 15 is 0 Å². The summed E-state index contributed by atoms with van der Waals surface area (Å²) in [7, 11) is 1.65. The van der Waals surface area contributed by atoms with Crippen LogP contribution in [0.5, 0.6) is 5.75 Å². The van der Waals surface area contributed by atoms with Crippen LogP contribution in [-0.2, 0) is 11.2 Å². The molecule has 1 saturated heterocycles. The Morgan fingerprint density at radius 2 is 1.72 bits per heavy atom. The zero-order chi connectivity index (χ0) is 22.5. The standard InChI is InChI=1S/C26H27N3O3/c1-3-28-16-17-29(25(30)22-13-8-9-15-27-22)23(26(28)31)18-19-10-4-5-11-20(19)21-12-6-7-14-24(21)32-2/h4-15,23H,3,16-18H2,1-2H3/t23-/m1/s1. The first-order valence-electron chi connectivity index (χ1n) is 10.9. The number of methoxy groups -OCH3 is 1. The Labute approximate surface area is 188 Å². The number of carbonyl (C=O) groups excluding carboxylic acids is 2. The summed E-state index contributed by atoms with van der Waals surface area (Å²) in [5.41, 5.74) is 3.31. The molecule has 2 heterocycles. The van der Waals surface area contributed by atoms with Gasteiger partial charge < -0.3 is 14.5 Å². The predicted molar refractivity (Wildman–Crippen MR) is 123 cm³/mol. The number of aromatic nitrogens is 1. The Morgan fingerprint density at radius 1 is 1.00 bits per heavy atom. The smallest absolute Gasteiger partial charge is 0.273 e. The second-order valence-electron chi connectivity index (χ2n) is 7.71. The van der Waals surface area contributed by atoms with Crippen LogP contribution in [-0.4, -0.2) is 59.4 Å². The van der Waals surface area contributed by atoms with Crippen LogP contribution < -0.4 is 4.74 Å². The lowest BCUT2D eigenvalue weighted by atomic mass is 9.92. The third-order valence-electron chi connectivity index (χ3n) is 5.94. The first-order valence-corrected chi connectivity index (χ1v) is 10.9. The molecule has 0 spiro atoms. The molecule has 2 amide bonds. The first kappa shape index (κ1) is 21.6. The van der Waals surface area contributed by atoms with Gasteiger partial charge in [0.25, 0.3) is 5.91 Å². The number of carbonyl (C=O) groups is 2. The monoisotopic (exact) mass is 429 g/mol. The second-order valence-corrected chi connectivity index (χ2v) is 7.71. The topological polar surface area (TPSA) is 62.7 Å². The first-order chi connectivity index (χ1) is 15.6. The Kier molecular flexibility index (Phi) is 6.50. The normalized spacial score (nSPS) is 16.2. The van der Waals surface area contributed by atoms with Crippen molar-refractivity contribution in [1.29, 1.82) is 0 Å². The highest BCUT2D eigenvalue weighted by Gasteiger charge is 2.38. The molecule has 0 N–H and O–H groups in total. The maximum absolute atomic E-state index is 13.4. The SMILES string of the molecule is CCN1CCN(C(=O)c2ccccn2)[C@H](Cc2ccccc2-c2ccccc2OC)C1=O. The molecule has 1 aliphatic rings. The Balaban J connectivity index is 1.72. The number of para-hydroxylation sites is 1.